The van der Waals surface area contributed by atoms with E-state index in [1.54, 1.807) is 4.90 Å². The van der Waals surface area contributed by atoms with Gasteiger partial charge in [0.2, 0.25) is 11.8 Å². The van der Waals surface area contributed by atoms with Crippen molar-refractivity contribution in [2.45, 2.75) is 31.7 Å². The molecule has 136 valence electrons. The molecule has 3 aliphatic rings. The lowest BCUT2D eigenvalue weighted by atomic mass is 9.92. The van der Waals surface area contributed by atoms with Crippen LogP contribution in [0.15, 0.2) is 0 Å². The number of hydrogen-bond donors (Lipinski definition) is 1. The maximum Gasteiger partial charge on any atom is 0.248 e. The maximum absolute atomic E-state index is 12.7. The highest BCUT2D eigenvalue weighted by Gasteiger charge is 2.34. The molecule has 3 aliphatic heterocycles. The van der Waals surface area contributed by atoms with Crippen molar-refractivity contribution in [1.29, 1.82) is 0 Å². The molecule has 0 bridgehead atoms. The minimum absolute atomic E-state index is 0.106. The fraction of sp³-hybridized carbons (Fsp3) is 0.882. The zero-order valence-corrected chi connectivity index (χ0v) is 14.4. The number of ether oxygens (including phenoxy) is 1. The molecular weight excluding hydrogens is 310 g/mol. The normalized spacial score (nSPS) is 27.3. The third kappa shape index (κ3) is 4.07. The lowest BCUT2D eigenvalue weighted by molar-refractivity contribution is -0.142. The summed E-state index contributed by atoms with van der Waals surface area (Å²) in [5.41, 5.74) is 0. The van der Waals surface area contributed by atoms with Gasteiger partial charge in [0, 0.05) is 38.8 Å². The van der Waals surface area contributed by atoms with Gasteiger partial charge in [-0.05, 0) is 32.2 Å². The van der Waals surface area contributed by atoms with Gasteiger partial charge in [-0.15, -0.1) is 0 Å². The van der Waals surface area contributed by atoms with E-state index in [-0.39, 0.29) is 17.7 Å². The fourth-order valence-electron chi connectivity index (χ4n) is 4.16. The van der Waals surface area contributed by atoms with E-state index in [9.17, 15) is 9.59 Å². The second kappa shape index (κ2) is 8.27. The Kier molecular flexibility index (Phi) is 6.08. The molecule has 0 aromatic carbocycles. The second-order valence-corrected chi connectivity index (χ2v) is 7.04. The van der Waals surface area contributed by atoms with Crippen molar-refractivity contribution in [3.63, 3.8) is 0 Å². The molecule has 7 nitrogen and oxygen atoms in total. The predicted molar refractivity (Wildman–Crippen MR) is 88.4 cm³/mol. The van der Waals surface area contributed by atoms with Crippen LogP contribution in [-0.2, 0) is 14.3 Å². The minimum atomic E-state index is -0.398. The van der Waals surface area contributed by atoms with Crippen molar-refractivity contribution in [3.8, 4) is 0 Å². The van der Waals surface area contributed by atoms with Gasteiger partial charge in [-0.2, -0.15) is 0 Å². The molecule has 3 saturated heterocycles. The van der Waals surface area contributed by atoms with Crippen LogP contribution in [0.5, 0.6) is 0 Å². The summed E-state index contributed by atoms with van der Waals surface area (Å²) in [6.45, 7) is 5.66. The van der Waals surface area contributed by atoms with E-state index in [0.29, 0.717) is 32.3 Å². The first-order valence-electron chi connectivity index (χ1n) is 9.18. The maximum atomic E-state index is 12.7. The topological polar surface area (TPSA) is 73.3 Å². The number of nitrogens with zero attached hydrogens (tertiary/aromatic N) is 3. The SMILES string of the molecule is O=C(CO)N1CCC(N2CCCC(C(=O)N3CCOCC3)C2)CC1. The van der Waals surface area contributed by atoms with Gasteiger partial charge in [-0.3, -0.25) is 14.5 Å². The van der Waals surface area contributed by atoms with Gasteiger partial charge in [0.15, 0.2) is 0 Å². The highest BCUT2D eigenvalue weighted by Crippen LogP contribution is 2.25. The summed E-state index contributed by atoms with van der Waals surface area (Å²) in [6.07, 6.45) is 3.92. The average molecular weight is 339 g/mol. The van der Waals surface area contributed by atoms with Crippen LogP contribution in [0, 0.1) is 5.92 Å². The summed E-state index contributed by atoms with van der Waals surface area (Å²) < 4.78 is 5.34. The van der Waals surface area contributed by atoms with Crippen molar-refractivity contribution in [2.75, 3.05) is 59.1 Å². The Balaban J connectivity index is 1.50. The molecule has 1 atom stereocenters. The van der Waals surface area contributed by atoms with Crippen LogP contribution in [0.4, 0.5) is 0 Å². The third-order valence-electron chi connectivity index (χ3n) is 5.59. The van der Waals surface area contributed by atoms with Crippen molar-refractivity contribution in [3.05, 3.63) is 0 Å². The molecule has 0 aromatic heterocycles. The number of amides is 2. The molecule has 0 aromatic rings. The van der Waals surface area contributed by atoms with Gasteiger partial charge in [-0.1, -0.05) is 0 Å². The first-order chi connectivity index (χ1) is 11.7. The Bertz CT molecular complexity index is 445. The second-order valence-electron chi connectivity index (χ2n) is 7.04. The number of carbonyl (C=O) groups is 2. The average Bonchev–Trinajstić information content (AvgIpc) is 2.67. The summed E-state index contributed by atoms with van der Waals surface area (Å²) in [5, 5.41) is 8.97. The summed E-state index contributed by atoms with van der Waals surface area (Å²) in [4.78, 5) is 30.4. The number of likely N-dealkylation sites (tertiary alicyclic amines) is 2. The zero-order chi connectivity index (χ0) is 16.9. The van der Waals surface area contributed by atoms with E-state index in [1.165, 1.54) is 0 Å². The Labute approximate surface area is 143 Å². The van der Waals surface area contributed by atoms with Gasteiger partial charge in [0.25, 0.3) is 0 Å². The molecule has 0 spiro atoms. The Hall–Kier alpha value is -1.18. The predicted octanol–water partition coefficient (Wildman–Crippen LogP) is -0.459. The van der Waals surface area contributed by atoms with Crippen LogP contribution < -0.4 is 0 Å². The van der Waals surface area contributed by atoms with E-state index < -0.39 is 6.61 Å². The van der Waals surface area contributed by atoms with Gasteiger partial charge in [0.1, 0.15) is 6.61 Å². The fourth-order valence-corrected chi connectivity index (χ4v) is 4.16. The molecule has 0 aliphatic carbocycles. The van der Waals surface area contributed by atoms with Crippen molar-refractivity contribution >= 4 is 11.8 Å². The molecule has 3 fully saturated rings. The molecule has 3 rings (SSSR count). The van der Waals surface area contributed by atoms with E-state index in [4.69, 9.17) is 9.84 Å². The molecule has 2 amide bonds. The molecule has 3 heterocycles. The van der Waals surface area contributed by atoms with Gasteiger partial charge in [-0.25, -0.2) is 0 Å². The molecule has 0 saturated carbocycles. The van der Waals surface area contributed by atoms with Crippen LogP contribution in [0.2, 0.25) is 0 Å². The first-order valence-corrected chi connectivity index (χ1v) is 9.18. The smallest absolute Gasteiger partial charge is 0.248 e. The Morgan fingerprint density at radius 2 is 1.67 bits per heavy atom. The third-order valence-corrected chi connectivity index (χ3v) is 5.59. The number of carbonyl (C=O) groups excluding carboxylic acids is 2. The monoisotopic (exact) mass is 339 g/mol. The van der Waals surface area contributed by atoms with E-state index >= 15 is 0 Å². The van der Waals surface area contributed by atoms with Crippen LogP contribution in [0.3, 0.4) is 0 Å². The number of hydrogen-bond acceptors (Lipinski definition) is 5. The summed E-state index contributed by atoms with van der Waals surface area (Å²) in [6, 6.07) is 0.452. The zero-order valence-electron chi connectivity index (χ0n) is 14.4. The van der Waals surface area contributed by atoms with Gasteiger partial charge >= 0.3 is 0 Å². The van der Waals surface area contributed by atoms with Crippen molar-refractivity contribution in [2.24, 2.45) is 5.92 Å². The molecule has 7 heteroatoms. The Morgan fingerprint density at radius 1 is 0.958 bits per heavy atom. The molecule has 1 N–H and O–H groups in total. The van der Waals surface area contributed by atoms with Crippen molar-refractivity contribution < 1.29 is 19.4 Å². The standard InChI is InChI=1S/C17H29N3O4/c21-13-16(22)18-6-3-15(4-7-18)20-5-1-2-14(12-20)17(23)19-8-10-24-11-9-19/h14-15,21H,1-13H2. The van der Waals surface area contributed by atoms with Gasteiger partial charge < -0.3 is 19.6 Å². The van der Waals surface area contributed by atoms with Gasteiger partial charge in [0.05, 0.1) is 19.1 Å². The van der Waals surface area contributed by atoms with Crippen LogP contribution in [0.1, 0.15) is 25.7 Å². The highest BCUT2D eigenvalue weighted by molar-refractivity contribution is 5.79. The largest absolute Gasteiger partial charge is 0.387 e. The minimum Gasteiger partial charge on any atom is -0.387 e. The molecule has 0 radical (unpaired) electrons. The van der Waals surface area contributed by atoms with E-state index in [2.05, 4.69) is 4.90 Å². The lowest BCUT2D eigenvalue weighted by Gasteiger charge is -2.43. The Morgan fingerprint density at radius 3 is 2.33 bits per heavy atom. The summed E-state index contributed by atoms with van der Waals surface area (Å²) in [5.74, 6) is 0.220. The number of rotatable bonds is 3. The number of piperidine rings is 2. The quantitative estimate of drug-likeness (QED) is 0.753. The summed E-state index contributed by atoms with van der Waals surface area (Å²) >= 11 is 0. The van der Waals surface area contributed by atoms with Crippen LogP contribution in [-0.4, -0.2) is 96.8 Å². The molecular formula is C17H29N3O4. The molecule has 24 heavy (non-hydrogen) atoms. The van der Waals surface area contributed by atoms with Crippen molar-refractivity contribution in [1.82, 2.24) is 14.7 Å². The number of morpholine rings is 1. The van der Waals surface area contributed by atoms with E-state index in [0.717, 1.165) is 51.9 Å². The number of aliphatic hydroxyl groups excluding tert-OH is 1. The summed E-state index contributed by atoms with van der Waals surface area (Å²) in [7, 11) is 0. The lowest BCUT2D eigenvalue weighted by Crippen LogP contribution is -2.53. The van der Waals surface area contributed by atoms with Crippen LogP contribution >= 0.6 is 0 Å². The van der Waals surface area contributed by atoms with Crippen LogP contribution in [0.25, 0.3) is 0 Å². The molecule has 1 unspecified atom stereocenters. The number of aliphatic hydroxyl groups is 1. The first kappa shape index (κ1) is 17.6. The van der Waals surface area contributed by atoms with E-state index in [1.807, 2.05) is 4.90 Å². The highest BCUT2D eigenvalue weighted by atomic mass is 16.5.